The number of rotatable bonds is 3. The Balaban J connectivity index is 0.00000176. The molecule has 0 saturated carbocycles. The van der Waals surface area contributed by atoms with E-state index in [2.05, 4.69) is 12.1 Å². The third-order valence-electron chi connectivity index (χ3n) is 3.90. The van der Waals surface area contributed by atoms with Crippen molar-refractivity contribution in [1.29, 1.82) is 0 Å². The number of benzene rings is 1. The number of ether oxygens (including phenoxy) is 1. The number of nitrogens with two attached hydrogens (primary N) is 1. The predicted octanol–water partition coefficient (Wildman–Crippen LogP) is 2.75. The van der Waals surface area contributed by atoms with Gasteiger partial charge in [0, 0.05) is 36.5 Å². The number of methoxy groups -OCH3 is 1. The van der Waals surface area contributed by atoms with Gasteiger partial charge in [0.15, 0.2) is 0 Å². The van der Waals surface area contributed by atoms with Crippen LogP contribution in [0.5, 0.6) is 5.75 Å². The zero-order valence-corrected chi connectivity index (χ0v) is 13.9. The van der Waals surface area contributed by atoms with Crippen molar-refractivity contribution >= 4 is 29.7 Å². The van der Waals surface area contributed by atoms with Gasteiger partial charge in [0.25, 0.3) is 5.91 Å². The molecular weight excluding hydrogens is 320 g/mol. The van der Waals surface area contributed by atoms with Gasteiger partial charge >= 0.3 is 0 Å². The summed E-state index contributed by atoms with van der Waals surface area (Å²) in [4.78, 5) is 15.1. The number of amides is 1. The second-order valence-electron chi connectivity index (χ2n) is 5.24. The van der Waals surface area contributed by atoms with Crippen LogP contribution in [0.1, 0.15) is 21.2 Å². The monoisotopic (exact) mass is 338 g/mol. The first kappa shape index (κ1) is 16.8. The Bertz CT molecular complexity index is 632. The van der Waals surface area contributed by atoms with Gasteiger partial charge in [-0.05, 0) is 5.56 Å². The second kappa shape index (κ2) is 7.13. The minimum Gasteiger partial charge on any atom is -0.496 e. The van der Waals surface area contributed by atoms with E-state index in [4.69, 9.17) is 10.5 Å². The van der Waals surface area contributed by atoms with Crippen molar-refractivity contribution < 1.29 is 9.53 Å². The lowest BCUT2D eigenvalue weighted by atomic mass is 9.95. The van der Waals surface area contributed by atoms with Crippen LogP contribution < -0.4 is 10.5 Å². The molecule has 2 atom stereocenters. The predicted molar refractivity (Wildman–Crippen MR) is 91.2 cm³/mol. The number of halogens is 1. The lowest BCUT2D eigenvalue weighted by Gasteiger charge is -2.15. The van der Waals surface area contributed by atoms with Gasteiger partial charge in [-0.25, -0.2) is 0 Å². The smallest absolute Gasteiger partial charge is 0.264 e. The Morgan fingerprint density at radius 3 is 2.68 bits per heavy atom. The van der Waals surface area contributed by atoms with Crippen molar-refractivity contribution in [2.75, 3.05) is 20.2 Å². The molecule has 22 heavy (non-hydrogen) atoms. The molecule has 3 rings (SSSR count). The van der Waals surface area contributed by atoms with Crippen molar-refractivity contribution in [2.24, 2.45) is 5.73 Å². The van der Waals surface area contributed by atoms with Crippen molar-refractivity contribution in [3.8, 4) is 5.75 Å². The molecule has 0 aliphatic carbocycles. The Morgan fingerprint density at radius 2 is 2.05 bits per heavy atom. The van der Waals surface area contributed by atoms with Crippen LogP contribution in [0.2, 0.25) is 0 Å². The summed E-state index contributed by atoms with van der Waals surface area (Å²) < 4.78 is 5.13. The fraction of sp³-hybridized carbons (Fsp3) is 0.312. The number of hydrogen-bond donors (Lipinski definition) is 1. The molecule has 0 radical (unpaired) electrons. The van der Waals surface area contributed by atoms with Gasteiger partial charge in [-0.2, -0.15) is 0 Å². The standard InChI is InChI=1S/C16H18N2O2S.ClH/c1-20-12-7-15(21-10-12)16(19)18-8-13(14(17)9-18)11-5-3-2-4-6-11;/h2-7,10,13-14H,8-9,17H2,1H3;1H/t13-,14+;/m0./s1. The zero-order valence-electron chi connectivity index (χ0n) is 12.3. The van der Waals surface area contributed by atoms with Crippen molar-refractivity contribution in [3.63, 3.8) is 0 Å². The number of nitrogens with zero attached hydrogens (tertiary/aromatic N) is 1. The average Bonchev–Trinajstić information content (AvgIpc) is 3.14. The van der Waals surface area contributed by atoms with Crippen LogP contribution in [0.4, 0.5) is 0 Å². The lowest BCUT2D eigenvalue weighted by Crippen LogP contribution is -2.31. The van der Waals surface area contributed by atoms with Crippen LogP contribution in [0.3, 0.4) is 0 Å². The number of likely N-dealkylation sites (tertiary alicyclic amines) is 1. The number of carbonyl (C=O) groups is 1. The molecule has 0 spiro atoms. The summed E-state index contributed by atoms with van der Waals surface area (Å²) in [5.74, 6) is 0.973. The van der Waals surface area contributed by atoms with E-state index < -0.39 is 0 Å². The summed E-state index contributed by atoms with van der Waals surface area (Å²) in [6.45, 7) is 1.27. The highest BCUT2D eigenvalue weighted by atomic mass is 35.5. The molecule has 2 heterocycles. The lowest BCUT2D eigenvalue weighted by molar-refractivity contribution is 0.0793. The van der Waals surface area contributed by atoms with Crippen LogP contribution in [-0.4, -0.2) is 37.0 Å². The second-order valence-corrected chi connectivity index (χ2v) is 6.15. The SMILES string of the molecule is COc1csc(C(=O)N2C[C@@H](N)[C@H](c3ccccc3)C2)c1.Cl. The van der Waals surface area contributed by atoms with Crippen molar-refractivity contribution in [1.82, 2.24) is 4.90 Å². The molecule has 118 valence electrons. The van der Waals surface area contributed by atoms with E-state index in [1.807, 2.05) is 28.5 Å². The molecule has 1 aromatic heterocycles. The summed E-state index contributed by atoms with van der Waals surface area (Å²) in [6.07, 6.45) is 0. The van der Waals surface area contributed by atoms with Gasteiger partial charge in [0.2, 0.25) is 0 Å². The molecule has 2 N–H and O–H groups in total. The number of thiophene rings is 1. The third-order valence-corrected chi connectivity index (χ3v) is 4.80. The molecule has 2 aromatic rings. The summed E-state index contributed by atoms with van der Waals surface area (Å²) in [5, 5.41) is 1.85. The molecule has 1 aliphatic heterocycles. The van der Waals surface area contributed by atoms with Gasteiger partial charge in [0.05, 0.1) is 12.0 Å². The molecule has 1 aromatic carbocycles. The van der Waals surface area contributed by atoms with Crippen LogP contribution >= 0.6 is 23.7 Å². The highest BCUT2D eigenvalue weighted by Crippen LogP contribution is 2.29. The first-order chi connectivity index (χ1) is 10.2. The number of carbonyl (C=O) groups excluding carboxylic acids is 1. The van der Waals surface area contributed by atoms with E-state index in [0.29, 0.717) is 18.0 Å². The van der Waals surface area contributed by atoms with Crippen LogP contribution in [0.25, 0.3) is 0 Å². The van der Waals surface area contributed by atoms with E-state index in [0.717, 1.165) is 5.75 Å². The molecular formula is C16H19ClN2O2S. The molecule has 1 amide bonds. The molecule has 1 fully saturated rings. The van der Waals surface area contributed by atoms with E-state index in [-0.39, 0.29) is 30.3 Å². The van der Waals surface area contributed by atoms with Gasteiger partial charge in [0.1, 0.15) is 5.75 Å². The van der Waals surface area contributed by atoms with Crippen molar-refractivity contribution in [2.45, 2.75) is 12.0 Å². The highest BCUT2D eigenvalue weighted by molar-refractivity contribution is 7.12. The minimum atomic E-state index is -0.0155. The van der Waals surface area contributed by atoms with Gasteiger partial charge < -0.3 is 15.4 Å². The summed E-state index contributed by atoms with van der Waals surface area (Å²) in [6, 6.07) is 11.9. The number of hydrogen-bond acceptors (Lipinski definition) is 4. The van der Waals surface area contributed by atoms with E-state index in [9.17, 15) is 4.79 Å². The fourth-order valence-corrected chi connectivity index (χ4v) is 3.56. The van der Waals surface area contributed by atoms with Crippen LogP contribution in [0, 0.1) is 0 Å². The molecule has 0 bridgehead atoms. The Hall–Kier alpha value is -1.56. The fourth-order valence-electron chi connectivity index (χ4n) is 2.74. The molecule has 0 unspecified atom stereocenters. The minimum absolute atomic E-state index is 0. The van der Waals surface area contributed by atoms with Crippen LogP contribution in [0.15, 0.2) is 41.8 Å². The quantitative estimate of drug-likeness (QED) is 0.936. The zero-order chi connectivity index (χ0) is 14.8. The van der Waals surface area contributed by atoms with E-state index in [1.54, 1.807) is 13.2 Å². The third kappa shape index (κ3) is 3.27. The first-order valence-corrected chi connectivity index (χ1v) is 7.79. The summed E-state index contributed by atoms with van der Waals surface area (Å²) in [7, 11) is 1.60. The Labute approximate surface area is 140 Å². The molecule has 4 nitrogen and oxygen atoms in total. The maximum absolute atomic E-state index is 12.5. The first-order valence-electron chi connectivity index (χ1n) is 6.91. The Kier molecular flexibility index (Phi) is 5.45. The maximum atomic E-state index is 12.5. The molecule has 6 heteroatoms. The average molecular weight is 339 g/mol. The van der Waals surface area contributed by atoms with Crippen LogP contribution in [-0.2, 0) is 0 Å². The van der Waals surface area contributed by atoms with E-state index in [1.165, 1.54) is 16.9 Å². The van der Waals surface area contributed by atoms with E-state index >= 15 is 0 Å². The van der Waals surface area contributed by atoms with Gasteiger partial charge in [-0.15, -0.1) is 23.7 Å². The highest BCUT2D eigenvalue weighted by Gasteiger charge is 2.34. The van der Waals surface area contributed by atoms with Gasteiger partial charge in [-0.1, -0.05) is 30.3 Å². The Morgan fingerprint density at radius 1 is 1.32 bits per heavy atom. The van der Waals surface area contributed by atoms with Gasteiger partial charge in [-0.3, -0.25) is 4.79 Å². The molecule has 1 saturated heterocycles. The largest absolute Gasteiger partial charge is 0.496 e. The maximum Gasteiger partial charge on any atom is 0.264 e. The van der Waals surface area contributed by atoms with Crippen molar-refractivity contribution in [3.05, 3.63) is 52.2 Å². The molecule has 1 aliphatic rings. The normalized spacial score (nSPS) is 20.5. The topological polar surface area (TPSA) is 55.6 Å². The summed E-state index contributed by atoms with van der Waals surface area (Å²) >= 11 is 1.41. The summed E-state index contributed by atoms with van der Waals surface area (Å²) in [5.41, 5.74) is 7.43.